The summed E-state index contributed by atoms with van der Waals surface area (Å²) in [4.78, 5) is 38.1. The standard InChI is InChI=1S/C34H36O6/c1-4-5-6-7-8-9-10-11-12-30(36)24-14-16-26-29(20-24)34(40-33(26)37)27-17-13-22(2)19-31(27)39-32-21-25(38-23(3)35)15-18-28(32)34/h13-21H,4-12H2,1-3H3. The van der Waals surface area contributed by atoms with Gasteiger partial charge in [-0.1, -0.05) is 70.1 Å². The fourth-order valence-corrected chi connectivity index (χ4v) is 5.78. The fourth-order valence-electron chi connectivity index (χ4n) is 5.78. The number of hydrogen-bond acceptors (Lipinski definition) is 6. The summed E-state index contributed by atoms with van der Waals surface area (Å²) >= 11 is 0. The highest BCUT2D eigenvalue weighted by atomic mass is 16.6. The van der Waals surface area contributed by atoms with Crippen LogP contribution in [0.5, 0.6) is 17.2 Å². The lowest BCUT2D eigenvalue weighted by atomic mass is 9.76. The molecule has 6 heteroatoms. The van der Waals surface area contributed by atoms with Crippen molar-refractivity contribution in [1.29, 1.82) is 0 Å². The summed E-state index contributed by atoms with van der Waals surface area (Å²) < 4.78 is 17.8. The Morgan fingerprint density at radius 3 is 2.20 bits per heavy atom. The molecule has 2 aliphatic rings. The fraction of sp³-hybridized carbons (Fsp3) is 0.382. The van der Waals surface area contributed by atoms with Crippen molar-refractivity contribution in [3.05, 3.63) is 88.0 Å². The molecule has 0 aromatic heterocycles. The molecule has 0 saturated carbocycles. The van der Waals surface area contributed by atoms with Gasteiger partial charge in [0.15, 0.2) is 11.4 Å². The van der Waals surface area contributed by atoms with Crippen molar-refractivity contribution >= 4 is 17.7 Å². The van der Waals surface area contributed by atoms with Gasteiger partial charge in [-0.3, -0.25) is 9.59 Å². The van der Waals surface area contributed by atoms with Crippen LogP contribution >= 0.6 is 0 Å². The number of hydrogen-bond donors (Lipinski definition) is 0. The summed E-state index contributed by atoms with van der Waals surface area (Å²) in [5, 5.41) is 0. The molecule has 2 heterocycles. The number of Topliss-reactive ketones (excluding diaryl/α,β-unsaturated/α-hetero) is 1. The van der Waals surface area contributed by atoms with Gasteiger partial charge in [0.1, 0.15) is 17.2 Å². The Balaban J connectivity index is 1.46. The zero-order chi connectivity index (χ0) is 28.3. The Kier molecular flexibility index (Phi) is 8.06. The zero-order valence-corrected chi connectivity index (χ0v) is 23.5. The van der Waals surface area contributed by atoms with Crippen LogP contribution in [0.2, 0.25) is 0 Å². The van der Waals surface area contributed by atoms with Gasteiger partial charge in [-0.2, -0.15) is 0 Å². The Bertz CT molecular complexity index is 1450. The summed E-state index contributed by atoms with van der Waals surface area (Å²) in [5.74, 6) is 0.456. The third-order valence-corrected chi connectivity index (χ3v) is 7.77. The van der Waals surface area contributed by atoms with Crippen LogP contribution in [0.25, 0.3) is 0 Å². The second-order valence-corrected chi connectivity index (χ2v) is 10.8. The van der Waals surface area contributed by atoms with Crippen LogP contribution < -0.4 is 9.47 Å². The monoisotopic (exact) mass is 540 g/mol. The van der Waals surface area contributed by atoms with Crippen LogP contribution in [0.15, 0.2) is 54.6 Å². The van der Waals surface area contributed by atoms with Gasteiger partial charge in [-0.25, -0.2) is 4.79 Å². The topological polar surface area (TPSA) is 78.9 Å². The van der Waals surface area contributed by atoms with E-state index in [0.717, 1.165) is 24.8 Å². The summed E-state index contributed by atoms with van der Waals surface area (Å²) in [7, 11) is 0. The molecule has 5 rings (SSSR count). The van der Waals surface area contributed by atoms with Gasteiger partial charge in [0.05, 0.1) is 5.56 Å². The summed E-state index contributed by atoms with van der Waals surface area (Å²) in [6.07, 6.45) is 9.80. The number of esters is 2. The average molecular weight is 541 g/mol. The lowest BCUT2D eigenvalue weighted by molar-refractivity contribution is -0.131. The highest BCUT2D eigenvalue weighted by molar-refractivity contribution is 6.01. The molecule has 0 N–H and O–H groups in total. The SMILES string of the molecule is CCCCCCCCCCC(=O)c1ccc2c(c1)C1(OC2=O)c2ccc(C)cc2Oc2cc(OC(C)=O)ccc21. The maximum Gasteiger partial charge on any atom is 0.340 e. The van der Waals surface area contributed by atoms with Crippen molar-refractivity contribution in [2.45, 2.75) is 84.2 Å². The predicted octanol–water partition coefficient (Wildman–Crippen LogP) is 8.20. The molecule has 3 aromatic rings. The number of ether oxygens (including phenoxy) is 3. The van der Waals surface area contributed by atoms with Crippen LogP contribution in [0.1, 0.15) is 115 Å². The largest absolute Gasteiger partial charge is 0.456 e. The number of benzene rings is 3. The molecule has 0 bridgehead atoms. The van der Waals surface area contributed by atoms with Gasteiger partial charge in [0, 0.05) is 41.7 Å². The number of carbonyl (C=O) groups is 3. The minimum atomic E-state index is -1.29. The molecule has 0 amide bonds. The first-order chi connectivity index (χ1) is 19.3. The van der Waals surface area contributed by atoms with Crippen LogP contribution in [0, 0.1) is 6.92 Å². The molecule has 0 aliphatic carbocycles. The van der Waals surface area contributed by atoms with Crippen molar-refractivity contribution in [1.82, 2.24) is 0 Å². The molecular formula is C34H36O6. The Hall–Kier alpha value is -3.93. The molecule has 2 aliphatic heterocycles. The highest BCUT2D eigenvalue weighted by Gasteiger charge is 2.53. The highest BCUT2D eigenvalue weighted by Crippen LogP contribution is 2.56. The van der Waals surface area contributed by atoms with E-state index in [4.69, 9.17) is 14.2 Å². The lowest BCUT2D eigenvalue weighted by Crippen LogP contribution is -2.33. The molecule has 3 aromatic carbocycles. The molecular weight excluding hydrogens is 504 g/mol. The van der Waals surface area contributed by atoms with E-state index >= 15 is 0 Å². The number of unbranched alkanes of at least 4 members (excludes halogenated alkanes) is 7. The quantitative estimate of drug-likeness (QED) is 0.106. The van der Waals surface area contributed by atoms with Gasteiger partial charge in [0.2, 0.25) is 0 Å². The van der Waals surface area contributed by atoms with E-state index in [1.165, 1.54) is 39.0 Å². The second-order valence-electron chi connectivity index (χ2n) is 10.8. The van der Waals surface area contributed by atoms with Crippen LogP contribution in [0.4, 0.5) is 0 Å². The Morgan fingerprint density at radius 2 is 1.48 bits per heavy atom. The molecule has 0 fully saturated rings. The first kappa shape index (κ1) is 27.6. The first-order valence-corrected chi connectivity index (χ1v) is 14.4. The van der Waals surface area contributed by atoms with E-state index < -0.39 is 17.5 Å². The molecule has 1 atom stereocenters. The maximum atomic E-state index is 13.3. The van der Waals surface area contributed by atoms with E-state index in [9.17, 15) is 14.4 Å². The molecule has 40 heavy (non-hydrogen) atoms. The summed E-state index contributed by atoms with van der Waals surface area (Å²) in [6.45, 7) is 5.51. The Labute approximate surface area is 235 Å². The number of aryl methyl sites for hydroxylation is 1. The molecule has 1 spiro atoms. The van der Waals surface area contributed by atoms with Crippen LogP contribution in [-0.4, -0.2) is 17.7 Å². The van der Waals surface area contributed by atoms with E-state index in [1.807, 2.05) is 31.2 Å². The Morgan fingerprint density at radius 1 is 0.800 bits per heavy atom. The minimum Gasteiger partial charge on any atom is -0.456 e. The minimum absolute atomic E-state index is 0.0601. The van der Waals surface area contributed by atoms with Gasteiger partial charge < -0.3 is 14.2 Å². The lowest BCUT2D eigenvalue weighted by Gasteiger charge is -2.36. The van der Waals surface area contributed by atoms with E-state index in [2.05, 4.69) is 6.92 Å². The van der Waals surface area contributed by atoms with E-state index in [1.54, 1.807) is 30.3 Å². The molecule has 208 valence electrons. The predicted molar refractivity (Wildman–Crippen MR) is 152 cm³/mol. The van der Waals surface area contributed by atoms with Gasteiger partial charge in [0.25, 0.3) is 0 Å². The van der Waals surface area contributed by atoms with Gasteiger partial charge in [-0.05, 0) is 49.2 Å². The molecule has 0 radical (unpaired) electrons. The molecule has 0 saturated heterocycles. The van der Waals surface area contributed by atoms with E-state index in [0.29, 0.717) is 51.5 Å². The average Bonchev–Trinajstić information content (AvgIpc) is 3.21. The third kappa shape index (κ3) is 5.27. The van der Waals surface area contributed by atoms with Crippen molar-refractivity contribution in [2.75, 3.05) is 0 Å². The van der Waals surface area contributed by atoms with Crippen molar-refractivity contribution in [3.8, 4) is 17.2 Å². The second kappa shape index (κ2) is 11.7. The summed E-state index contributed by atoms with van der Waals surface area (Å²) in [5.41, 5.74) is 2.60. The van der Waals surface area contributed by atoms with Crippen molar-refractivity contribution < 1.29 is 28.6 Å². The van der Waals surface area contributed by atoms with Gasteiger partial charge >= 0.3 is 11.9 Å². The summed E-state index contributed by atoms with van der Waals surface area (Å²) in [6, 6.07) is 16.0. The van der Waals surface area contributed by atoms with Crippen LogP contribution in [-0.2, 0) is 15.1 Å². The van der Waals surface area contributed by atoms with Gasteiger partial charge in [-0.15, -0.1) is 0 Å². The number of fused-ring (bicyclic) bond motifs is 6. The molecule has 6 nitrogen and oxygen atoms in total. The van der Waals surface area contributed by atoms with E-state index in [-0.39, 0.29) is 5.78 Å². The van der Waals surface area contributed by atoms with Crippen molar-refractivity contribution in [3.63, 3.8) is 0 Å². The molecule has 1 unspecified atom stereocenters. The first-order valence-electron chi connectivity index (χ1n) is 14.4. The third-order valence-electron chi connectivity index (χ3n) is 7.77. The number of rotatable bonds is 11. The number of carbonyl (C=O) groups excluding carboxylic acids is 3. The zero-order valence-electron chi connectivity index (χ0n) is 23.5. The smallest absolute Gasteiger partial charge is 0.340 e. The maximum absolute atomic E-state index is 13.3. The van der Waals surface area contributed by atoms with Crippen LogP contribution in [0.3, 0.4) is 0 Å². The van der Waals surface area contributed by atoms with Crippen molar-refractivity contribution in [2.24, 2.45) is 0 Å². The number of ketones is 1. The normalized spacial score (nSPS) is 16.5.